The zero-order chi connectivity index (χ0) is 26.6. The standard InChI is InChI=1S/C31H18ClF2N3O/c32-23-6-3-7-24(34)27(23)28-29(30(38)19-8-11-20(33)12-9-19)37-25-14-10-18-4-1-2-5-21(18)22(25)13-15-26(37)31(28,16-35)17-36/h1-15,26,28-29H. The summed E-state index contributed by atoms with van der Waals surface area (Å²) in [6.07, 6.45) is 3.59. The molecule has 3 unspecified atom stereocenters. The van der Waals surface area contributed by atoms with Gasteiger partial charge < -0.3 is 4.90 Å². The average Bonchev–Trinajstić information content (AvgIpc) is 3.23. The summed E-state index contributed by atoms with van der Waals surface area (Å²) >= 11 is 6.51. The zero-order valence-electron chi connectivity index (χ0n) is 19.8. The summed E-state index contributed by atoms with van der Waals surface area (Å²) in [6.45, 7) is 0. The Morgan fingerprint density at radius 1 is 0.921 bits per heavy atom. The molecule has 2 aliphatic rings. The van der Waals surface area contributed by atoms with Gasteiger partial charge in [-0.2, -0.15) is 10.5 Å². The van der Waals surface area contributed by atoms with Crippen LogP contribution < -0.4 is 4.90 Å². The van der Waals surface area contributed by atoms with E-state index in [1.807, 2.05) is 42.5 Å². The van der Waals surface area contributed by atoms with E-state index in [-0.39, 0.29) is 16.1 Å². The summed E-state index contributed by atoms with van der Waals surface area (Å²) in [5.41, 5.74) is -0.284. The van der Waals surface area contributed by atoms with Crippen molar-refractivity contribution >= 4 is 39.9 Å². The molecule has 0 bridgehead atoms. The SMILES string of the molecule is N#CC1(C#N)C(c2c(F)cccc2Cl)C(C(=O)c2ccc(F)cc2)N2c3ccc4ccccc4c3C=CC21. The van der Waals surface area contributed by atoms with Crippen molar-refractivity contribution in [2.24, 2.45) is 5.41 Å². The minimum atomic E-state index is -1.86. The van der Waals surface area contributed by atoms with Gasteiger partial charge in [0.1, 0.15) is 17.7 Å². The second kappa shape index (κ2) is 8.80. The molecule has 0 amide bonds. The molecular formula is C31H18ClF2N3O. The normalized spacial score (nSPS) is 20.9. The van der Waals surface area contributed by atoms with E-state index in [1.165, 1.54) is 42.5 Å². The summed E-state index contributed by atoms with van der Waals surface area (Å²) in [5.74, 6) is -2.94. The minimum absolute atomic E-state index is 0.0179. The van der Waals surface area contributed by atoms with E-state index in [1.54, 1.807) is 11.0 Å². The monoisotopic (exact) mass is 521 g/mol. The quantitative estimate of drug-likeness (QED) is 0.271. The van der Waals surface area contributed by atoms with E-state index in [0.29, 0.717) is 5.69 Å². The van der Waals surface area contributed by atoms with Crippen molar-refractivity contribution < 1.29 is 13.6 Å². The number of hydrogen-bond acceptors (Lipinski definition) is 4. The molecule has 4 nitrogen and oxygen atoms in total. The van der Waals surface area contributed by atoms with Gasteiger partial charge in [-0.1, -0.05) is 60.2 Å². The van der Waals surface area contributed by atoms with E-state index in [2.05, 4.69) is 12.1 Å². The number of halogens is 3. The smallest absolute Gasteiger partial charge is 0.185 e. The van der Waals surface area contributed by atoms with Crippen LogP contribution in [0.4, 0.5) is 14.5 Å². The molecule has 0 N–H and O–H groups in total. The molecule has 184 valence electrons. The maximum atomic E-state index is 15.5. The van der Waals surface area contributed by atoms with Crippen molar-refractivity contribution in [1.29, 1.82) is 10.5 Å². The van der Waals surface area contributed by atoms with Crippen LogP contribution in [0.5, 0.6) is 0 Å². The van der Waals surface area contributed by atoms with Crippen molar-refractivity contribution in [2.75, 3.05) is 4.90 Å². The van der Waals surface area contributed by atoms with Crippen LogP contribution in [0, 0.1) is 39.7 Å². The van der Waals surface area contributed by atoms with Gasteiger partial charge in [-0.05, 0) is 53.2 Å². The lowest BCUT2D eigenvalue weighted by Gasteiger charge is -2.36. The van der Waals surface area contributed by atoms with E-state index >= 15 is 4.39 Å². The largest absolute Gasteiger partial charge is 0.351 e. The van der Waals surface area contributed by atoms with Crippen molar-refractivity contribution in [3.8, 4) is 12.1 Å². The summed E-state index contributed by atoms with van der Waals surface area (Å²) in [5, 5.41) is 23.0. The third-order valence-electron chi connectivity index (χ3n) is 7.62. The molecule has 1 fully saturated rings. The molecule has 0 radical (unpaired) electrons. The summed E-state index contributed by atoms with van der Waals surface area (Å²) in [4.78, 5) is 16.0. The van der Waals surface area contributed by atoms with Gasteiger partial charge >= 0.3 is 0 Å². The van der Waals surface area contributed by atoms with E-state index in [9.17, 15) is 19.7 Å². The number of carbonyl (C=O) groups is 1. The van der Waals surface area contributed by atoms with Crippen LogP contribution in [0.2, 0.25) is 5.02 Å². The van der Waals surface area contributed by atoms with Gasteiger partial charge in [0.2, 0.25) is 0 Å². The Balaban J connectivity index is 1.67. The van der Waals surface area contributed by atoms with Crippen molar-refractivity contribution in [3.63, 3.8) is 0 Å². The van der Waals surface area contributed by atoms with Gasteiger partial charge in [-0.3, -0.25) is 4.79 Å². The van der Waals surface area contributed by atoms with Crippen molar-refractivity contribution in [1.82, 2.24) is 0 Å². The number of ketones is 1. The number of hydrogen-bond donors (Lipinski definition) is 0. The first kappa shape index (κ1) is 23.9. The highest BCUT2D eigenvalue weighted by molar-refractivity contribution is 6.31. The van der Waals surface area contributed by atoms with Gasteiger partial charge in [0.25, 0.3) is 0 Å². The van der Waals surface area contributed by atoms with E-state index in [4.69, 9.17) is 11.6 Å². The van der Waals surface area contributed by atoms with Crippen molar-refractivity contribution in [2.45, 2.75) is 18.0 Å². The first-order valence-electron chi connectivity index (χ1n) is 12.0. The van der Waals surface area contributed by atoms with Gasteiger partial charge in [-0.15, -0.1) is 0 Å². The fourth-order valence-electron chi connectivity index (χ4n) is 5.95. The fourth-order valence-corrected chi connectivity index (χ4v) is 6.23. The molecule has 4 aromatic rings. The van der Waals surface area contributed by atoms with Crippen LogP contribution in [0.3, 0.4) is 0 Å². The number of fused-ring (bicyclic) bond motifs is 5. The number of Topliss-reactive ketones (excluding diaryl/α,β-unsaturated/α-hetero) is 1. The molecule has 2 heterocycles. The number of nitriles is 2. The molecule has 0 aliphatic carbocycles. The first-order valence-corrected chi connectivity index (χ1v) is 12.3. The molecule has 0 spiro atoms. The Kier molecular flexibility index (Phi) is 5.52. The first-order chi connectivity index (χ1) is 18.4. The zero-order valence-corrected chi connectivity index (χ0v) is 20.5. The molecule has 0 aromatic heterocycles. The number of rotatable bonds is 3. The highest BCUT2D eigenvalue weighted by atomic mass is 35.5. The fraction of sp³-hybridized carbons (Fsp3) is 0.129. The second-order valence-electron chi connectivity index (χ2n) is 9.45. The van der Waals surface area contributed by atoms with Gasteiger partial charge in [0, 0.05) is 27.4 Å². The molecule has 1 saturated heterocycles. The molecule has 7 heteroatoms. The highest BCUT2D eigenvalue weighted by Gasteiger charge is 2.64. The Bertz CT molecular complexity index is 1700. The average molecular weight is 522 g/mol. The summed E-state index contributed by atoms with van der Waals surface area (Å²) in [7, 11) is 0. The molecule has 3 atom stereocenters. The van der Waals surface area contributed by atoms with E-state index in [0.717, 1.165) is 16.3 Å². The second-order valence-corrected chi connectivity index (χ2v) is 9.86. The van der Waals surface area contributed by atoms with Gasteiger partial charge in [0.05, 0.1) is 24.1 Å². The molecule has 2 aliphatic heterocycles. The highest BCUT2D eigenvalue weighted by Crippen LogP contribution is 2.57. The molecule has 6 rings (SSSR count). The summed E-state index contributed by atoms with van der Waals surface area (Å²) in [6, 6.07) is 22.9. The number of nitrogens with zero attached hydrogens (tertiary/aromatic N) is 3. The van der Waals surface area contributed by atoms with Crippen LogP contribution in [0.15, 0.2) is 84.9 Å². The lowest BCUT2D eigenvalue weighted by Crippen LogP contribution is -2.44. The van der Waals surface area contributed by atoms with Crippen molar-refractivity contribution in [3.05, 3.63) is 118 Å². The molecule has 38 heavy (non-hydrogen) atoms. The topological polar surface area (TPSA) is 67.9 Å². The molecular weight excluding hydrogens is 504 g/mol. The lowest BCUT2D eigenvalue weighted by molar-refractivity contribution is 0.0950. The van der Waals surface area contributed by atoms with Crippen LogP contribution in [-0.2, 0) is 0 Å². The van der Waals surface area contributed by atoms with Gasteiger partial charge in [-0.25, -0.2) is 8.78 Å². The number of benzene rings is 4. The maximum Gasteiger partial charge on any atom is 0.185 e. The molecule has 4 aromatic carbocycles. The lowest BCUT2D eigenvalue weighted by atomic mass is 9.69. The Hall–Kier alpha value is -4.52. The predicted molar refractivity (Wildman–Crippen MR) is 142 cm³/mol. The van der Waals surface area contributed by atoms with Crippen LogP contribution >= 0.6 is 11.6 Å². The summed E-state index contributed by atoms with van der Waals surface area (Å²) < 4.78 is 29.2. The number of anilines is 1. The maximum absolute atomic E-state index is 15.5. The minimum Gasteiger partial charge on any atom is -0.351 e. The van der Waals surface area contributed by atoms with Crippen LogP contribution in [-0.4, -0.2) is 17.9 Å². The molecule has 0 saturated carbocycles. The Morgan fingerprint density at radius 2 is 1.66 bits per heavy atom. The van der Waals surface area contributed by atoms with E-state index < -0.39 is 40.8 Å². The number of carbonyl (C=O) groups excluding carboxylic acids is 1. The third kappa shape index (κ3) is 3.28. The van der Waals surface area contributed by atoms with Crippen LogP contribution in [0.1, 0.15) is 27.4 Å². The van der Waals surface area contributed by atoms with Crippen LogP contribution in [0.25, 0.3) is 16.8 Å². The Morgan fingerprint density at radius 3 is 2.37 bits per heavy atom. The van der Waals surface area contributed by atoms with Gasteiger partial charge in [0.15, 0.2) is 11.2 Å². The predicted octanol–water partition coefficient (Wildman–Crippen LogP) is 7.06. The third-order valence-corrected chi connectivity index (χ3v) is 7.95. The Labute approximate surface area is 222 Å².